The molecule has 1 N–H and O–H groups in total. The van der Waals surface area contributed by atoms with Crippen LogP contribution in [0.4, 0.5) is 0 Å². The van der Waals surface area contributed by atoms with E-state index in [-0.39, 0.29) is 24.5 Å². The largest absolute Gasteiger partial charge is 0.491 e. The van der Waals surface area contributed by atoms with Crippen LogP contribution in [0.5, 0.6) is 5.75 Å². The molecule has 1 amide bonds. The number of likely N-dealkylation sites (tertiary alicyclic amines) is 1. The molecule has 0 spiro atoms. The van der Waals surface area contributed by atoms with Gasteiger partial charge in [-0.2, -0.15) is 0 Å². The second kappa shape index (κ2) is 9.43. The number of rotatable bonds is 4. The Morgan fingerprint density at radius 1 is 1.11 bits per heavy atom. The first-order valence-corrected chi connectivity index (χ1v) is 9.84. The molecule has 1 fully saturated rings. The molecule has 0 radical (unpaired) electrons. The van der Waals surface area contributed by atoms with Gasteiger partial charge in [0.1, 0.15) is 5.75 Å². The Labute approximate surface area is 167 Å². The van der Waals surface area contributed by atoms with Crippen LogP contribution in [0, 0.1) is 17.8 Å². The van der Waals surface area contributed by atoms with Crippen LogP contribution in [0.3, 0.4) is 0 Å². The van der Waals surface area contributed by atoms with E-state index in [1.807, 2.05) is 67.3 Å². The Morgan fingerprint density at radius 3 is 2.29 bits per heavy atom. The number of carbonyl (C=O) groups is 1. The molecule has 0 saturated carbocycles. The second-order valence-corrected chi connectivity index (χ2v) is 7.46. The molecule has 1 heterocycles. The highest BCUT2D eigenvalue weighted by Crippen LogP contribution is 2.18. The van der Waals surface area contributed by atoms with Crippen LogP contribution in [0.15, 0.2) is 48.5 Å². The van der Waals surface area contributed by atoms with Crippen LogP contribution >= 0.6 is 0 Å². The van der Waals surface area contributed by atoms with E-state index in [2.05, 4.69) is 11.8 Å². The number of aliphatic hydroxyl groups excluding tert-OH is 1. The van der Waals surface area contributed by atoms with Crippen molar-refractivity contribution in [1.29, 1.82) is 0 Å². The van der Waals surface area contributed by atoms with E-state index in [9.17, 15) is 9.90 Å². The number of nitrogens with zero attached hydrogens (tertiary/aromatic N) is 1. The Bertz CT molecular complexity index is 844. The lowest BCUT2D eigenvalue weighted by Crippen LogP contribution is -2.40. The highest BCUT2D eigenvalue weighted by Gasteiger charge is 2.23. The van der Waals surface area contributed by atoms with Crippen molar-refractivity contribution >= 4 is 5.91 Å². The van der Waals surface area contributed by atoms with Gasteiger partial charge in [0.15, 0.2) is 0 Å². The minimum absolute atomic E-state index is 0.0263. The number of hydrogen-bond acceptors (Lipinski definition) is 3. The Balaban J connectivity index is 1.63. The highest BCUT2D eigenvalue weighted by atomic mass is 16.5. The molecular weight excluding hydrogens is 350 g/mol. The number of benzene rings is 2. The van der Waals surface area contributed by atoms with Gasteiger partial charge in [-0.05, 0) is 81.1 Å². The average Bonchev–Trinajstić information content (AvgIpc) is 2.73. The van der Waals surface area contributed by atoms with Gasteiger partial charge in [-0.3, -0.25) is 4.79 Å². The summed E-state index contributed by atoms with van der Waals surface area (Å²) in [4.78, 5) is 14.5. The van der Waals surface area contributed by atoms with E-state index in [0.29, 0.717) is 12.1 Å². The van der Waals surface area contributed by atoms with Crippen LogP contribution < -0.4 is 4.74 Å². The minimum Gasteiger partial charge on any atom is -0.491 e. The normalized spacial score (nSPS) is 16.4. The second-order valence-electron chi connectivity index (χ2n) is 7.46. The molecule has 146 valence electrons. The van der Waals surface area contributed by atoms with Gasteiger partial charge in [-0.15, -0.1) is 0 Å². The van der Waals surface area contributed by atoms with E-state index >= 15 is 0 Å². The van der Waals surface area contributed by atoms with Crippen molar-refractivity contribution in [2.45, 2.75) is 32.8 Å². The van der Waals surface area contributed by atoms with Crippen molar-refractivity contribution < 1.29 is 14.6 Å². The molecular formula is C24H27NO3. The summed E-state index contributed by atoms with van der Waals surface area (Å²) >= 11 is 0. The SMILES string of the molecule is CC(C)Oc1ccc(C#Cc2ccc(C(=O)N3CCC[C@@H](CO)C3)cc2)cc1. The van der Waals surface area contributed by atoms with E-state index in [1.165, 1.54) is 0 Å². The van der Waals surface area contributed by atoms with Gasteiger partial charge in [-0.1, -0.05) is 11.8 Å². The maximum atomic E-state index is 12.7. The Hall–Kier alpha value is -2.77. The van der Waals surface area contributed by atoms with E-state index in [4.69, 9.17) is 4.74 Å². The van der Waals surface area contributed by atoms with Crippen LogP contribution in [0.2, 0.25) is 0 Å². The predicted molar refractivity (Wildman–Crippen MR) is 110 cm³/mol. The molecule has 1 saturated heterocycles. The summed E-state index contributed by atoms with van der Waals surface area (Å²) < 4.78 is 5.63. The van der Waals surface area contributed by atoms with Crippen molar-refractivity contribution in [1.82, 2.24) is 4.90 Å². The smallest absolute Gasteiger partial charge is 0.253 e. The fourth-order valence-corrected chi connectivity index (χ4v) is 3.31. The van der Waals surface area contributed by atoms with Gasteiger partial charge < -0.3 is 14.7 Å². The van der Waals surface area contributed by atoms with Gasteiger partial charge in [-0.25, -0.2) is 0 Å². The summed E-state index contributed by atoms with van der Waals surface area (Å²) in [6.45, 7) is 5.53. The van der Waals surface area contributed by atoms with Gasteiger partial charge in [0.2, 0.25) is 0 Å². The quantitative estimate of drug-likeness (QED) is 0.826. The zero-order valence-electron chi connectivity index (χ0n) is 16.5. The molecule has 28 heavy (non-hydrogen) atoms. The molecule has 0 aromatic heterocycles. The molecule has 4 nitrogen and oxygen atoms in total. The van der Waals surface area contributed by atoms with Crippen molar-refractivity contribution in [2.24, 2.45) is 5.92 Å². The van der Waals surface area contributed by atoms with Gasteiger partial charge in [0, 0.05) is 36.4 Å². The summed E-state index contributed by atoms with van der Waals surface area (Å²) in [5, 5.41) is 9.34. The third-order valence-corrected chi connectivity index (χ3v) is 4.77. The lowest BCUT2D eigenvalue weighted by molar-refractivity contribution is 0.0620. The molecule has 1 atom stereocenters. The third kappa shape index (κ3) is 5.37. The van der Waals surface area contributed by atoms with Crippen molar-refractivity contribution in [3.8, 4) is 17.6 Å². The van der Waals surface area contributed by atoms with Crippen LogP contribution in [-0.4, -0.2) is 41.7 Å². The Kier molecular flexibility index (Phi) is 6.73. The molecule has 0 unspecified atom stereocenters. The first kappa shape index (κ1) is 20.0. The fraction of sp³-hybridized carbons (Fsp3) is 0.375. The van der Waals surface area contributed by atoms with Crippen LogP contribution in [0.25, 0.3) is 0 Å². The van der Waals surface area contributed by atoms with Crippen molar-refractivity contribution in [3.05, 3.63) is 65.2 Å². The van der Waals surface area contributed by atoms with Gasteiger partial charge in [0.05, 0.1) is 6.10 Å². The van der Waals surface area contributed by atoms with Gasteiger partial charge in [0.25, 0.3) is 5.91 Å². The number of ether oxygens (including phenoxy) is 1. The molecule has 0 bridgehead atoms. The summed E-state index contributed by atoms with van der Waals surface area (Å²) in [5.74, 6) is 7.33. The molecule has 2 aromatic carbocycles. The number of amides is 1. The van der Waals surface area contributed by atoms with Crippen LogP contribution in [0.1, 0.15) is 48.2 Å². The van der Waals surface area contributed by atoms with Crippen LogP contribution in [-0.2, 0) is 0 Å². The molecule has 1 aliphatic heterocycles. The standard InChI is InChI=1S/C24H27NO3/c1-18(2)28-23-13-9-20(10-14-23)6-5-19-7-11-22(12-8-19)24(27)25-15-3-4-21(16-25)17-26/h7-14,18,21,26H,3-4,15-17H2,1-2H3/t21-/m1/s1. The first-order chi connectivity index (χ1) is 13.5. The summed E-state index contributed by atoms with van der Waals surface area (Å²) in [6.07, 6.45) is 2.08. The molecule has 1 aliphatic rings. The fourth-order valence-electron chi connectivity index (χ4n) is 3.31. The minimum atomic E-state index is 0.0263. The molecule has 0 aliphatic carbocycles. The summed E-state index contributed by atoms with van der Waals surface area (Å²) in [5.41, 5.74) is 2.45. The number of piperidine rings is 1. The first-order valence-electron chi connectivity index (χ1n) is 9.84. The Morgan fingerprint density at radius 2 is 1.71 bits per heavy atom. The van der Waals surface area contributed by atoms with Gasteiger partial charge >= 0.3 is 0 Å². The van der Waals surface area contributed by atoms with E-state index < -0.39 is 0 Å². The maximum Gasteiger partial charge on any atom is 0.253 e. The number of aliphatic hydroxyl groups is 1. The number of hydrogen-bond donors (Lipinski definition) is 1. The average molecular weight is 377 g/mol. The summed E-state index contributed by atoms with van der Waals surface area (Å²) in [7, 11) is 0. The molecule has 4 heteroatoms. The highest BCUT2D eigenvalue weighted by molar-refractivity contribution is 5.94. The molecule has 2 aromatic rings. The van der Waals surface area contributed by atoms with E-state index in [0.717, 1.165) is 36.3 Å². The third-order valence-electron chi connectivity index (χ3n) is 4.77. The van der Waals surface area contributed by atoms with E-state index in [1.54, 1.807) is 0 Å². The summed E-state index contributed by atoms with van der Waals surface area (Å²) in [6, 6.07) is 15.1. The number of carbonyl (C=O) groups excluding carboxylic acids is 1. The topological polar surface area (TPSA) is 49.8 Å². The monoisotopic (exact) mass is 377 g/mol. The maximum absolute atomic E-state index is 12.7. The lowest BCUT2D eigenvalue weighted by atomic mass is 9.98. The van der Waals surface area contributed by atoms with Crippen molar-refractivity contribution in [3.63, 3.8) is 0 Å². The predicted octanol–water partition coefficient (Wildman–Crippen LogP) is 3.72. The zero-order chi connectivity index (χ0) is 19.9. The lowest BCUT2D eigenvalue weighted by Gasteiger charge is -2.31. The zero-order valence-corrected chi connectivity index (χ0v) is 16.5. The molecule has 3 rings (SSSR count). The van der Waals surface area contributed by atoms with Crippen molar-refractivity contribution in [2.75, 3.05) is 19.7 Å².